The molecule has 1 aliphatic heterocycles. The number of hydrogen-bond acceptors (Lipinski definition) is 3. The summed E-state index contributed by atoms with van der Waals surface area (Å²) in [4.78, 5) is 7.03. The van der Waals surface area contributed by atoms with E-state index in [-0.39, 0.29) is 6.10 Å². The lowest BCUT2D eigenvalue weighted by Gasteiger charge is -2.43. The van der Waals surface area contributed by atoms with Crippen LogP contribution < -0.4 is 4.74 Å². The Balaban J connectivity index is 1.46. The van der Waals surface area contributed by atoms with Crippen molar-refractivity contribution in [2.24, 2.45) is 0 Å². The molecule has 1 fully saturated rings. The SMILES string of the molecule is Cc1cc(OC2CN(C(C)c3ccccc3)C2)c2ccccc2n1. The Morgan fingerprint density at radius 1 is 1.04 bits per heavy atom. The normalized spacial score (nSPS) is 16.8. The van der Waals surface area contributed by atoms with Gasteiger partial charge in [0.1, 0.15) is 11.9 Å². The van der Waals surface area contributed by atoms with Crippen molar-refractivity contribution >= 4 is 10.9 Å². The molecule has 0 saturated carbocycles. The number of aromatic nitrogens is 1. The van der Waals surface area contributed by atoms with Crippen molar-refractivity contribution < 1.29 is 4.74 Å². The quantitative estimate of drug-likeness (QED) is 0.714. The van der Waals surface area contributed by atoms with Crippen LogP contribution in [0, 0.1) is 6.92 Å². The standard InChI is InChI=1S/C21H22N2O/c1-15-12-21(19-10-6-7-11-20(19)22-15)24-18-13-23(14-18)16(2)17-8-4-3-5-9-17/h3-12,16,18H,13-14H2,1-2H3. The molecule has 0 N–H and O–H groups in total. The minimum atomic E-state index is 0.251. The van der Waals surface area contributed by atoms with E-state index in [4.69, 9.17) is 4.74 Å². The van der Waals surface area contributed by atoms with E-state index in [2.05, 4.69) is 53.2 Å². The smallest absolute Gasteiger partial charge is 0.131 e. The Bertz CT molecular complexity index is 841. The van der Waals surface area contributed by atoms with E-state index in [9.17, 15) is 0 Å². The largest absolute Gasteiger partial charge is 0.487 e. The van der Waals surface area contributed by atoms with Gasteiger partial charge in [0, 0.05) is 36.3 Å². The van der Waals surface area contributed by atoms with Crippen LogP contribution in [0.15, 0.2) is 60.7 Å². The van der Waals surface area contributed by atoms with Crippen LogP contribution in [-0.2, 0) is 0 Å². The van der Waals surface area contributed by atoms with E-state index < -0.39 is 0 Å². The number of benzene rings is 2. The van der Waals surface area contributed by atoms with E-state index in [1.54, 1.807) is 0 Å². The molecule has 24 heavy (non-hydrogen) atoms. The van der Waals surface area contributed by atoms with Gasteiger partial charge in [0.25, 0.3) is 0 Å². The number of hydrogen-bond donors (Lipinski definition) is 0. The second kappa shape index (κ2) is 6.25. The topological polar surface area (TPSA) is 25.4 Å². The first kappa shape index (κ1) is 15.2. The second-order valence-corrected chi connectivity index (χ2v) is 6.56. The van der Waals surface area contributed by atoms with E-state index in [1.165, 1.54) is 5.56 Å². The van der Waals surface area contributed by atoms with Crippen LogP contribution in [0.2, 0.25) is 0 Å². The molecule has 1 atom stereocenters. The number of fused-ring (bicyclic) bond motifs is 1. The Morgan fingerprint density at radius 2 is 1.75 bits per heavy atom. The minimum absolute atomic E-state index is 0.251. The highest BCUT2D eigenvalue weighted by Crippen LogP contribution is 2.31. The summed E-state index contributed by atoms with van der Waals surface area (Å²) in [6.45, 7) is 6.21. The molecule has 2 aromatic carbocycles. The van der Waals surface area contributed by atoms with Gasteiger partial charge in [0.2, 0.25) is 0 Å². The zero-order chi connectivity index (χ0) is 16.5. The predicted molar refractivity (Wildman–Crippen MR) is 97.3 cm³/mol. The lowest BCUT2D eigenvalue weighted by molar-refractivity contribution is -0.00447. The van der Waals surface area contributed by atoms with E-state index >= 15 is 0 Å². The molecule has 3 heteroatoms. The Morgan fingerprint density at radius 3 is 2.54 bits per heavy atom. The van der Waals surface area contributed by atoms with Crippen LogP contribution in [0.1, 0.15) is 24.2 Å². The maximum absolute atomic E-state index is 6.28. The summed E-state index contributed by atoms with van der Waals surface area (Å²) in [6.07, 6.45) is 0.251. The van der Waals surface area contributed by atoms with Gasteiger partial charge in [-0.25, -0.2) is 0 Å². The highest BCUT2D eigenvalue weighted by molar-refractivity contribution is 5.85. The third kappa shape index (κ3) is 2.87. The van der Waals surface area contributed by atoms with Crippen molar-refractivity contribution in [2.75, 3.05) is 13.1 Å². The molecule has 1 aliphatic rings. The van der Waals surface area contributed by atoms with Gasteiger partial charge in [-0.15, -0.1) is 0 Å². The molecule has 1 aromatic heterocycles. The lowest BCUT2D eigenvalue weighted by atomic mass is 10.0. The van der Waals surface area contributed by atoms with Crippen LogP contribution in [0.5, 0.6) is 5.75 Å². The fourth-order valence-electron chi connectivity index (χ4n) is 3.35. The van der Waals surface area contributed by atoms with Gasteiger partial charge in [0.05, 0.1) is 5.52 Å². The number of rotatable bonds is 4. The first-order valence-electron chi connectivity index (χ1n) is 8.53. The Kier molecular flexibility index (Phi) is 3.95. The van der Waals surface area contributed by atoms with Crippen LogP contribution >= 0.6 is 0 Å². The zero-order valence-electron chi connectivity index (χ0n) is 14.1. The predicted octanol–water partition coefficient (Wildman–Crippen LogP) is 4.37. The molecule has 0 aliphatic carbocycles. The van der Waals surface area contributed by atoms with Gasteiger partial charge >= 0.3 is 0 Å². The first-order chi connectivity index (χ1) is 11.7. The Hall–Kier alpha value is -2.39. The Labute approximate surface area is 142 Å². The average Bonchev–Trinajstić information content (AvgIpc) is 2.57. The maximum Gasteiger partial charge on any atom is 0.131 e. The third-order valence-electron chi connectivity index (χ3n) is 4.81. The maximum atomic E-state index is 6.28. The number of likely N-dealkylation sites (tertiary alicyclic amines) is 1. The van der Waals surface area contributed by atoms with Crippen molar-refractivity contribution in [1.82, 2.24) is 9.88 Å². The summed E-state index contributed by atoms with van der Waals surface area (Å²) in [5.74, 6) is 0.954. The molecule has 0 bridgehead atoms. The van der Waals surface area contributed by atoms with Crippen molar-refractivity contribution in [2.45, 2.75) is 26.0 Å². The summed E-state index contributed by atoms with van der Waals surface area (Å²) >= 11 is 0. The number of pyridine rings is 1. The molecule has 0 radical (unpaired) electrons. The van der Waals surface area contributed by atoms with Crippen molar-refractivity contribution in [3.63, 3.8) is 0 Å². The minimum Gasteiger partial charge on any atom is -0.487 e. The summed E-state index contributed by atoms with van der Waals surface area (Å²) in [5.41, 5.74) is 3.36. The molecule has 1 saturated heterocycles. The van der Waals surface area contributed by atoms with Crippen LogP contribution in [0.3, 0.4) is 0 Å². The van der Waals surface area contributed by atoms with Gasteiger partial charge in [-0.05, 0) is 31.5 Å². The summed E-state index contributed by atoms with van der Waals surface area (Å²) in [7, 11) is 0. The van der Waals surface area contributed by atoms with Crippen molar-refractivity contribution in [3.8, 4) is 5.75 Å². The van der Waals surface area contributed by atoms with E-state index in [0.29, 0.717) is 6.04 Å². The van der Waals surface area contributed by atoms with Crippen molar-refractivity contribution in [3.05, 3.63) is 71.9 Å². The molecular weight excluding hydrogens is 296 g/mol. The third-order valence-corrected chi connectivity index (χ3v) is 4.81. The number of ether oxygens (including phenoxy) is 1. The van der Waals surface area contributed by atoms with Gasteiger partial charge < -0.3 is 4.74 Å². The summed E-state index contributed by atoms with van der Waals surface area (Å²) < 4.78 is 6.28. The van der Waals surface area contributed by atoms with Gasteiger partial charge in [0.15, 0.2) is 0 Å². The second-order valence-electron chi connectivity index (χ2n) is 6.56. The molecule has 0 amide bonds. The fraction of sp³-hybridized carbons (Fsp3) is 0.286. The molecule has 4 rings (SSSR count). The van der Waals surface area contributed by atoms with E-state index in [1.807, 2.05) is 31.2 Å². The zero-order valence-corrected chi connectivity index (χ0v) is 14.1. The number of aryl methyl sites for hydroxylation is 1. The van der Waals surface area contributed by atoms with Crippen LogP contribution in [0.4, 0.5) is 0 Å². The highest BCUT2D eigenvalue weighted by Gasteiger charge is 2.32. The number of nitrogens with zero attached hydrogens (tertiary/aromatic N) is 2. The summed E-state index contributed by atoms with van der Waals surface area (Å²) in [6, 6.07) is 21.3. The first-order valence-corrected chi connectivity index (χ1v) is 8.53. The average molecular weight is 318 g/mol. The molecule has 1 unspecified atom stereocenters. The van der Waals surface area contributed by atoms with Gasteiger partial charge in [-0.1, -0.05) is 42.5 Å². The molecule has 3 nitrogen and oxygen atoms in total. The molecule has 0 spiro atoms. The fourth-order valence-corrected chi connectivity index (χ4v) is 3.35. The molecule has 2 heterocycles. The summed E-state index contributed by atoms with van der Waals surface area (Å²) in [5, 5.41) is 1.10. The number of para-hydroxylation sites is 1. The molecule has 122 valence electrons. The van der Waals surface area contributed by atoms with Gasteiger partial charge in [-0.3, -0.25) is 9.88 Å². The molecular formula is C21H22N2O. The van der Waals surface area contributed by atoms with Crippen LogP contribution in [0.25, 0.3) is 10.9 Å². The van der Waals surface area contributed by atoms with Crippen LogP contribution in [-0.4, -0.2) is 29.1 Å². The van der Waals surface area contributed by atoms with Gasteiger partial charge in [-0.2, -0.15) is 0 Å². The monoisotopic (exact) mass is 318 g/mol. The highest BCUT2D eigenvalue weighted by atomic mass is 16.5. The van der Waals surface area contributed by atoms with E-state index in [0.717, 1.165) is 35.4 Å². The van der Waals surface area contributed by atoms with Crippen molar-refractivity contribution in [1.29, 1.82) is 0 Å². The lowest BCUT2D eigenvalue weighted by Crippen LogP contribution is -2.54. The molecule has 3 aromatic rings.